The Morgan fingerprint density at radius 2 is 1.84 bits per heavy atom. The highest BCUT2D eigenvalue weighted by Gasteiger charge is 2.14. The molecule has 3 N–H and O–H groups in total. The normalized spacial score (nSPS) is 10.7. The summed E-state index contributed by atoms with van der Waals surface area (Å²) in [7, 11) is 0. The highest BCUT2D eigenvalue weighted by molar-refractivity contribution is 7.14. The van der Waals surface area contributed by atoms with E-state index in [1.54, 1.807) is 18.2 Å². The summed E-state index contributed by atoms with van der Waals surface area (Å²) in [6.07, 6.45) is 1.28. The highest BCUT2D eigenvalue weighted by atomic mass is 32.1. The van der Waals surface area contributed by atoms with Crippen molar-refractivity contribution in [3.63, 3.8) is 0 Å². The minimum absolute atomic E-state index is 0.0128. The largest absolute Gasteiger partial charge is 0.326 e. The van der Waals surface area contributed by atoms with E-state index in [0.717, 1.165) is 17.7 Å². The number of carbonyl (C=O) groups excluding carboxylic acids is 2. The smallest absolute Gasteiger partial charge is 0.258 e. The predicted molar refractivity (Wildman–Crippen MR) is 124 cm³/mol. The van der Waals surface area contributed by atoms with E-state index in [1.807, 2.05) is 42.6 Å². The molecule has 4 aromatic rings. The molecule has 0 atom stereocenters. The van der Waals surface area contributed by atoms with Crippen LogP contribution < -0.4 is 16.2 Å². The van der Waals surface area contributed by atoms with Crippen LogP contribution >= 0.6 is 11.3 Å². The summed E-state index contributed by atoms with van der Waals surface area (Å²) in [6, 6.07) is 15.8. The number of H-pyrrole nitrogens is 1. The number of nitrogens with zero attached hydrogens (tertiary/aromatic N) is 1. The van der Waals surface area contributed by atoms with Gasteiger partial charge in [0.05, 0.1) is 11.3 Å². The van der Waals surface area contributed by atoms with Crippen molar-refractivity contribution in [1.29, 1.82) is 0 Å². The molecule has 0 saturated carbocycles. The summed E-state index contributed by atoms with van der Waals surface area (Å²) in [5, 5.41) is 8.57. The van der Waals surface area contributed by atoms with E-state index in [2.05, 4.69) is 20.6 Å². The zero-order chi connectivity index (χ0) is 21.8. The van der Waals surface area contributed by atoms with Crippen LogP contribution in [0.15, 0.2) is 64.8 Å². The third kappa shape index (κ3) is 4.70. The van der Waals surface area contributed by atoms with Gasteiger partial charge in [-0.25, -0.2) is 4.98 Å². The standard InChI is InChI=1S/C23H20N4O3S/c1-2-5-20(28)24-15-10-8-14(9-11-15)19-13-31-23(26-19)27-22(30)17-12-21(29)25-18-7-4-3-6-16(17)18/h3-4,6-13H,2,5H2,1H3,(H,24,28)(H,25,29)(H,26,27,30). The maximum Gasteiger partial charge on any atom is 0.258 e. The predicted octanol–water partition coefficient (Wildman–Crippen LogP) is 4.64. The van der Waals surface area contributed by atoms with Crippen molar-refractivity contribution in [2.75, 3.05) is 10.6 Å². The highest BCUT2D eigenvalue weighted by Crippen LogP contribution is 2.27. The Morgan fingerprint density at radius 3 is 2.61 bits per heavy atom. The van der Waals surface area contributed by atoms with E-state index < -0.39 is 5.91 Å². The molecule has 0 unspecified atom stereocenters. The molecule has 2 aromatic carbocycles. The number of amides is 2. The number of para-hydroxylation sites is 1. The molecule has 0 aliphatic heterocycles. The Balaban J connectivity index is 1.50. The Kier molecular flexibility index (Phi) is 5.90. The van der Waals surface area contributed by atoms with Crippen molar-refractivity contribution in [2.45, 2.75) is 19.8 Å². The molecular formula is C23H20N4O3S. The summed E-state index contributed by atoms with van der Waals surface area (Å²) >= 11 is 1.30. The van der Waals surface area contributed by atoms with Gasteiger partial charge in [-0.15, -0.1) is 11.3 Å². The minimum atomic E-state index is -0.391. The van der Waals surface area contributed by atoms with E-state index in [-0.39, 0.29) is 11.5 Å². The van der Waals surface area contributed by atoms with Crippen molar-refractivity contribution in [3.8, 4) is 11.3 Å². The number of carbonyl (C=O) groups is 2. The summed E-state index contributed by atoms with van der Waals surface area (Å²) in [6.45, 7) is 1.96. The van der Waals surface area contributed by atoms with E-state index >= 15 is 0 Å². The number of hydrogen-bond acceptors (Lipinski definition) is 5. The first-order chi connectivity index (χ1) is 15.0. The van der Waals surface area contributed by atoms with Crippen molar-refractivity contribution in [3.05, 3.63) is 75.9 Å². The van der Waals surface area contributed by atoms with Crippen LogP contribution in [0.5, 0.6) is 0 Å². The zero-order valence-corrected chi connectivity index (χ0v) is 17.6. The quantitative estimate of drug-likeness (QED) is 0.413. The number of anilines is 2. The molecule has 0 aliphatic rings. The van der Waals surface area contributed by atoms with E-state index in [0.29, 0.717) is 33.7 Å². The van der Waals surface area contributed by atoms with Crippen molar-refractivity contribution in [1.82, 2.24) is 9.97 Å². The van der Waals surface area contributed by atoms with Gasteiger partial charge in [-0.1, -0.05) is 37.3 Å². The lowest BCUT2D eigenvalue weighted by molar-refractivity contribution is -0.116. The molecule has 7 nitrogen and oxygen atoms in total. The Morgan fingerprint density at radius 1 is 1.06 bits per heavy atom. The molecule has 0 fully saturated rings. The lowest BCUT2D eigenvalue weighted by Gasteiger charge is -2.06. The molecule has 0 saturated heterocycles. The topological polar surface area (TPSA) is 104 Å². The van der Waals surface area contributed by atoms with Crippen LogP contribution in [0.3, 0.4) is 0 Å². The van der Waals surface area contributed by atoms with Gasteiger partial charge in [-0.3, -0.25) is 19.7 Å². The Bertz CT molecular complexity index is 1310. The number of thiazole rings is 1. The molecular weight excluding hydrogens is 412 g/mol. The molecule has 0 spiro atoms. The van der Waals surface area contributed by atoms with Crippen LogP contribution in [0.1, 0.15) is 30.1 Å². The third-order valence-electron chi connectivity index (χ3n) is 4.66. The summed E-state index contributed by atoms with van der Waals surface area (Å²) in [4.78, 5) is 43.6. The number of pyridine rings is 1. The van der Waals surface area contributed by atoms with Gasteiger partial charge in [0.1, 0.15) is 0 Å². The van der Waals surface area contributed by atoms with Crippen molar-refractivity contribution < 1.29 is 9.59 Å². The number of rotatable bonds is 6. The van der Waals surface area contributed by atoms with Gasteiger partial charge in [0, 0.05) is 40.0 Å². The second-order valence-electron chi connectivity index (χ2n) is 6.96. The first-order valence-electron chi connectivity index (χ1n) is 9.82. The number of aromatic nitrogens is 2. The van der Waals surface area contributed by atoms with Crippen LogP contribution in [-0.4, -0.2) is 21.8 Å². The van der Waals surface area contributed by atoms with Crippen LogP contribution in [0.25, 0.3) is 22.2 Å². The molecule has 2 heterocycles. The van der Waals surface area contributed by atoms with Gasteiger partial charge < -0.3 is 10.3 Å². The molecule has 2 amide bonds. The Hall–Kier alpha value is -3.78. The van der Waals surface area contributed by atoms with Crippen LogP contribution in [0.4, 0.5) is 10.8 Å². The SMILES string of the molecule is CCCC(=O)Nc1ccc(-c2csc(NC(=O)c3cc(=O)[nH]c4ccccc34)n2)cc1. The molecule has 31 heavy (non-hydrogen) atoms. The lowest BCUT2D eigenvalue weighted by Crippen LogP contribution is -2.16. The maximum absolute atomic E-state index is 12.8. The fourth-order valence-corrected chi connectivity index (χ4v) is 3.91. The molecule has 0 bridgehead atoms. The lowest BCUT2D eigenvalue weighted by atomic mass is 10.1. The summed E-state index contributed by atoms with van der Waals surface area (Å²) in [5.74, 6) is -0.404. The van der Waals surface area contributed by atoms with Gasteiger partial charge >= 0.3 is 0 Å². The number of hydrogen-bond donors (Lipinski definition) is 3. The monoisotopic (exact) mass is 432 g/mol. The van der Waals surface area contributed by atoms with Gasteiger partial charge in [0.15, 0.2) is 5.13 Å². The van der Waals surface area contributed by atoms with Gasteiger partial charge in [0.2, 0.25) is 11.5 Å². The first kappa shape index (κ1) is 20.5. The fraction of sp³-hybridized carbons (Fsp3) is 0.130. The average Bonchev–Trinajstić information content (AvgIpc) is 3.22. The van der Waals surface area contributed by atoms with Gasteiger partial charge in [-0.2, -0.15) is 0 Å². The zero-order valence-electron chi connectivity index (χ0n) is 16.8. The van der Waals surface area contributed by atoms with Crippen molar-refractivity contribution in [2.24, 2.45) is 0 Å². The average molecular weight is 433 g/mol. The summed E-state index contributed by atoms with van der Waals surface area (Å²) in [5.41, 5.74) is 2.87. The molecule has 4 rings (SSSR count). The molecule has 2 aromatic heterocycles. The minimum Gasteiger partial charge on any atom is -0.326 e. The number of nitrogens with one attached hydrogen (secondary N) is 3. The number of benzene rings is 2. The molecule has 0 aliphatic carbocycles. The van der Waals surface area contributed by atoms with E-state index in [9.17, 15) is 14.4 Å². The van der Waals surface area contributed by atoms with Crippen LogP contribution in [0.2, 0.25) is 0 Å². The molecule has 156 valence electrons. The number of fused-ring (bicyclic) bond motifs is 1. The number of aromatic amines is 1. The molecule has 0 radical (unpaired) electrons. The van der Waals surface area contributed by atoms with Gasteiger partial charge in [0.25, 0.3) is 5.91 Å². The van der Waals surface area contributed by atoms with Crippen LogP contribution in [0, 0.1) is 0 Å². The Labute approximate surface area is 182 Å². The molecule has 8 heteroatoms. The first-order valence-corrected chi connectivity index (χ1v) is 10.7. The van der Waals surface area contributed by atoms with E-state index in [4.69, 9.17) is 0 Å². The van der Waals surface area contributed by atoms with Crippen LogP contribution in [-0.2, 0) is 4.79 Å². The van der Waals surface area contributed by atoms with E-state index in [1.165, 1.54) is 17.4 Å². The summed E-state index contributed by atoms with van der Waals surface area (Å²) < 4.78 is 0. The maximum atomic E-state index is 12.8. The second-order valence-corrected chi connectivity index (χ2v) is 7.82. The fourth-order valence-electron chi connectivity index (χ4n) is 3.20. The third-order valence-corrected chi connectivity index (χ3v) is 5.42. The van der Waals surface area contributed by atoms with Crippen molar-refractivity contribution >= 4 is 44.9 Å². The second kappa shape index (κ2) is 8.93. The van der Waals surface area contributed by atoms with Gasteiger partial charge in [-0.05, 0) is 24.6 Å².